The minimum atomic E-state index is -0.301. The first-order valence-electron chi connectivity index (χ1n) is 7.05. The number of rotatable bonds is 3. The van der Waals surface area contributed by atoms with Crippen molar-refractivity contribution in [1.82, 2.24) is 4.90 Å². The van der Waals surface area contributed by atoms with Gasteiger partial charge in [-0.2, -0.15) is 5.26 Å². The Morgan fingerprint density at radius 3 is 2.90 bits per heavy atom. The van der Waals surface area contributed by atoms with E-state index in [0.717, 1.165) is 25.7 Å². The maximum atomic E-state index is 12.3. The van der Waals surface area contributed by atoms with E-state index in [1.165, 1.54) is 0 Å². The van der Waals surface area contributed by atoms with E-state index < -0.39 is 0 Å². The number of benzene rings is 1. The highest BCUT2D eigenvalue weighted by Gasteiger charge is 2.25. The summed E-state index contributed by atoms with van der Waals surface area (Å²) in [5.74, 6) is 0.0664. The maximum absolute atomic E-state index is 12.3. The highest BCUT2D eigenvalue weighted by molar-refractivity contribution is 5.94. The van der Waals surface area contributed by atoms with Crippen molar-refractivity contribution in [3.05, 3.63) is 35.4 Å². The number of carbonyl (C=O) groups is 1. The molecular formula is C16H20N2O2. The second-order valence-corrected chi connectivity index (χ2v) is 5.49. The maximum Gasteiger partial charge on any atom is 0.253 e. The Morgan fingerprint density at radius 2 is 2.20 bits per heavy atom. The van der Waals surface area contributed by atoms with Gasteiger partial charge >= 0.3 is 0 Å². The van der Waals surface area contributed by atoms with Gasteiger partial charge in [0.05, 0.1) is 17.7 Å². The first kappa shape index (κ1) is 14.5. The second kappa shape index (κ2) is 6.53. The van der Waals surface area contributed by atoms with Crippen LogP contribution in [0.1, 0.15) is 41.6 Å². The standard InChI is InChI=1S/C16H20N2O2/c1-18(11-14-6-2-3-8-15(14)19)16(20)13-7-4-5-12(9-13)10-17/h4-5,7,9,14-15,19H,2-3,6,8,11H2,1H3. The summed E-state index contributed by atoms with van der Waals surface area (Å²) in [6.45, 7) is 0.566. The Labute approximate surface area is 119 Å². The van der Waals surface area contributed by atoms with Crippen LogP contribution in [0.3, 0.4) is 0 Å². The van der Waals surface area contributed by atoms with Gasteiger partial charge in [0, 0.05) is 25.1 Å². The highest BCUT2D eigenvalue weighted by atomic mass is 16.3. The monoisotopic (exact) mass is 272 g/mol. The third kappa shape index (κ3) is 3.37. The van der Waals surface area contributed by atoms with Crippen LogP contribution in [0, 0.1) is 17.2 Å². The van der Waals surface area contributed by atoms with Gasteiger partial charge in [-0.15, -0.1) is 0 Å². The van der Waals surface area contributed by atoms with E-state index in [2.05, 4.69) is 0 Å². The predicted molar refractivity (Wildman–Crippen MR) is 76.1 cm³/mol. The number of hydrogen-bond donors (Lipinski definition) is 1. The van der Waals surface area contributed by atoms with Crippen LogP contribution in [-0.2, 0) is 0 Å². The molecule has 0 saturated heterocycles. The lowest BCUT2D eigenvalue weighted by Gasteiger charge is -2.31. The summed E-state index contributed by atoms with van der Waals surface area (Å²) < 4.78 is 0. The van der Waals surface area contributed by atoms with E-state index in [0.29, 0.717) is 17.7 Å². The van der Waals surface area contributed by atoms with Crippen molar-refractivity contribution in [2.45, 2.75) is 31.8 Å². The molecular weight excluding hydrogens is 252 g/mol. The van der Waals surface area contributed by atoms with E-state index >= 15 is 0 Å². The predicted octanol–water partition coefficient (Wildman–Crippen LogP) is 2.18. The molecule has 20 heavy (non-hydrogen) atoms. The van der Waals surface area contributed by atoms with Crippen molar-refractivity contribution in [1.29, 1.82) is 5.26 Å². The summed E-state index contributed by atoms with van der Waals surface area (Å²) in [5.41, 5.74) is 1.01. The molecule has 0 aliphatic heterocycles. The third-order valence-corrected chi connectivity index (χ3v) is 3.96. The molecule has 1 aromatic rings. The number of hydrogen-bond acceptors (Lipinski definition) is 3. The van der Waals surface area contributed by atoms with Gasteiger partial charge in [0.2, 0.25) is 0 Å². The summed E-state index contributed by atoms with van der Waals surface area (Å²) in [6, 6.07) is 8.76. The van der Waals surface area contributed by atoms with Crippen molar-refractivity contribution in [2.24, 2.45) is 5.92 Å². The lowest BCUT2D eigenvalue weighted by molar-refractivity contribution is 0.0451. The molecule has 2 atom stereocenters. The van der Waals surface area contributed by atoms with Gasteiger partial charge in [0.15, 0.2) is 0 Å². The number of aliphatic hydroxyl groups is 1. The van der Waals surface area contributed by atoms with Crippen LogP contribution in [0.15, 0.2) is 24.3 Å². The molecule has 2 rings (SSSR count). The van der Waals surface area contributed by atoms with Gasteiger partial charge in [-0.1, -0.05) is 18.9 Å². The van der Waals surface area contributed by atoms with Gasteiger partial charge in [-0.05, 0) is 31.0 Å². The first-order chi connectivity index (χ1) is 9.61. The topological polar surface area (TPSA) is 64.3 Å². The van der Waals surface area contributed by atoms with Crippen LogP contribution < -0.4 is 0 Å². The average molecular weight is 272 g/mol. The summed E-state index contributed by atoms with van der Waals surface area (Å²) >= 11 is 0. The molecule has 1 aliphatic rings. The fourth-order valence-electron chi connectivity index (χ4n) is 2.78. The minimum absolute atomic E-state index is 0.0973. The van der Waals surface area contributed by atoms with Crippen molar-refractivity contribution in [2.75, 3.05) is 13.6 Å². The van der Waals surface area contributed by atoms with E-state index in [1.807, 2.05) is 6.07 Å². The Bertz CT molecular complexity index is 521. The molecule has 2 unspecified atom stereocenters. The lowest BCUT2D eigenvalue weighted by atomic mass is 9.86. The number of carbonyl (C=O) groups excluding carboxylic acids is 1. The molecule has 106 valence electrons. The smallest absolute Gasteiger partial charge is 0.253 e. The quantitative estimate of drug-likeness (QED) is 0.917. The van der Waals surface area contributed by atoms with Crippen molar-refractivity contribution in [3.8, 4) is 6.07 Å². The summed E-state index contributed by atoms with van der Waals surface area (Å²) in [6.07, 6.45) is 3.69. The molecule has 4 heteroatoms. The zero-order valence-corrected chi connectivity index (χ0v) is 11.7. The Kier molecular flexibility index (Phi) is 4.75. The molecule has 0 radical (unpaired) electrons. The SMILES string of the molecule is CN(CC1CCCCC1O)C(=O)c1cccc(C#N)c1. The number of nitrogens with zero attached hydrogens (tertiary/aromatic N) is 2. The van der Waals surface area contributed by atoms with Crippen LogP contribution in [0.25, 0.3) is 0 Å². The Morgan fingerprint density at radius 1 is 1.45 bits per heavy atom. The van der Waals surface area contributed by atoms with E-state index in [4.69, 9.17) is 5.26 Å². The molecule has 4 nitrogen and oxygen atoms in total. The summed E-state index contributed by atoms with van der Waals surface area (Å²) in [7, 11) is 1.75. The number of aliphatic hydroxyl groups excluding tert-OH is 1. The van der Waals surface area contributed by atoms with Gasteiger partial charge in [-0.3, -0.25) is 4.79 Å². The van der Waals surface area contributed by atoms with Gasteiger partial charge in [0.1, 0.15) is 0 Å². The molecule has 1 saturated carbocycles. The van der Waals surface area contributed by atoms with Crippen LogP contribution in [-0.4, -0.2) is 35.6 Å². The zero-order chi connectivity index (χ0) is 14.5. The zero-order valence-electron chi connectivity index (χ0n) is 11.7. The van der Waals surface area contributed by atoms with Crippen LogP contribution in [0.4, 0.5) is 0 Å². The Hall–Kier alpha value is -1.86. The number of nitriles is 1. The van der Waals surface area contributed by atoms with Crippen molar-refractivity contribution in [3.63, 3.8) is 0 Å². The molecule has 0 spiro atoms. The van der Waals surface area contributed by atoms with E-state index in [-0.39, 0.29) is 17.9 Å². The molecule has 0 aromatic heterocycles. The van der Waals surface area contributed by atoms with Gasteiger partial charge in [-0.25, -0.2) is 0 Å². The fourth-order valence-corrected chi connectivity index (χ4v) is 2.78. The third-order valence-electron chi connectivity index (χ3n) is 3.96. The van der Waals surface area contributed by atoms with Crippen LogP contribution in [0.5, 0.6) is 0 Å². The lowest BCUT2D eigenvalue weighted by Crippen LogP contribution is -2.38. The van der Waals surface area contributed by atoms with Gasteiger partial charge < -0.3 is 10.0 Å². The van der Waals surface area contributed by atoms with E-state index in [1.54, 1.807) is 36.2 Å². The molecule has 1 N–H and O–H groups in total. The Balaban J connectivity index is 2.02. The molecule has 1 aliphatic carbocycles. The van der Waals surface area contributed by atoms with Gasteiger partial charge in [0.25, 0.3) is 5.91 Å². The minimum Gasteiger partial charge on any atom is -0.393 e. The van der Waals surface area contributed by atoms with Crippen LogP contribution in [0.2, 0.25) is 0 Å². The normalized spacial score (nSPS) is 22.1. The average Bonchev–Trinajstić information content (AvgIpc) is 2.48. The molecule has 0 heterocycles. The van der Waals surface area contributed by atoms with Crippen LogP contribution >= 0.6 is 0 Å². The van der Waals surface area contributed by atoms with E-state index in [9.17, 15) is 9.90 Å². The summed E-state index contributed by atoms with van der Waals surface area (Å²) in [4.78, 5) is 14.0. The second-order valence-electron chi connectivity index (χ2n) is 5.49. The van der Waals surface area contributed by atoms with Crippen molar-refractivity contribution < 1.29 is 9.90 Å². The molecule has 1 amide bonds. The fraction of sp³-hybridized carbons (Fsp3) is 0.500. The number of amides is 1. The highest BCUT2D eigenvalue weighted by Crippen LogP contribution is 2.25. The largest absolute Gasteiger partial charge is 0.393 e. The first-order valence-corrected chi connectivity index (χ1v) is 7.05. The molecule has 1 aromatic carbocycles. The molecule has 0 bridgehead atoms. The molecule has 1 fully saturated rings. The van der Waals surface area contributed by atoms with Crippen molar-refractivity contribution >= 4 is 5.91 Å². The summed E-state index contributed by atoms with van der Waals surface area (Å²) in [5, 5.41) is 18.8.